The average molecular weight is 214 g/mol. The van der Waals surface area contributed by atoms with Crippen molar-refractivity contribution in [3.8, 4) is 0 Å². The molecule has 0 aliphatic heterocycles. The lowest BCUT2D eigenvalue weighted by Crippen LogP contribution is -2.02. The molecule has 15 heavy (non-hydrogen) atoms. The molecule has 0 heterocycles. The number of rotatable bonds is 11. The topological polar surface area (TPSA) is 18.5 Å². The van der Waals surface area contributed by atoms with Gasteiger partial charge >= 0.3 is 0 Å². The first kappa shape index (κ1) is 14.5. The molecule has 0 radical (unpaired) electrons. The molecule has 2 nitrogen and oxygen atoms in total. The van der Waals surface area contributed by atoms with Crippen LogP contribution in [0, 0.1) is 0 Å². The zero-order chi connectivity index (χ0) is 11.4. The number of ether oxygens (including phenoxy) is 2. The quantitative estimate of drug-likeness (QED) is 0.383. The summed E-state index contributed by atoms with van der Waals surface area (Å²) >= 11 is 0. The number of hydrogen-bond donors (Lipinski definition) is 0. The lowest BCUT2D eigenvalue weighted by molar-refractivity contribution is 0.0997. The molecule has 0 rings (SSSR count). The molecule has 0 aromatic rings. The van der Waals surface area contributed by atoms with E-state index in [0.717, 1.165) is 18.8 Å². The molecule has 0 aromatic carbocycles. The Morgan fingerprint density at radius 3 is 2.33 bits per heavy atom. The van der Waals surface area contributed by atoms with Crippen molar-refractivity contribution in [1.29, 1.82) is 0 Å². The highest BCUT2D eigenvalue weighted by atomic mass is 16.5. The lowest BCUT2D eigenvalue weighted by Gasteiger charge is -2.07. The van der Waals surface area contributed by atoms with Crippen molar-refractivity contribution in [2.24, 2.45) is 0 Å². The third-order valence-corrected chi connectivity index (χ3v) is 2.25. The molecule has 0 aromatic heterocycles. The second kappa shape index (κ2) is 11.6. The Labute approximate surface area is 94.7 Å². The van der Waals surface area contributed by atoms with Crippen LogP contribution in [0.25, 0.3) is 0 Å². The summed E-state index contributed by atoms with van der Waals surface area (Å²) in [7, 11) is 0. The summed E-state index contributed by atoms with van der Waals surface area (Å²) in [6.45, 7) is 10.0. The average Bonchev–Trinajstić information content (AvgIpc) is 2.22. The maximum Gasteiger partial charge on any atom is 0.114 e. The summed E-state index contributed by atoms with van der Waals surface area (Å²) in [6, 6.07) is 0. The van der Waals surface area contributed by atoms with E-state index in [-0.39, 0.29) is 0 Å². The van der Waals surface area contributed by atoms with Gasteiger partial charge in [-0.15, -0.1) is 0 Å². The van der Waals surface area contributed by atoms with Crippen LogP contribution in [0.2, 0.25) is 0 Å². The minimum Gasteiger partial charge on any atom is -0.496 e. The van der Waals surface area contributed by atoms with Crippen molar-refractivity contribution < 1.29 is 9.47 Å². The summed E-state index contributed by atoms with van der Waals surface area (Å²) in [5, 5.41) is 0. The molecule has 0 amide bonds. The van der Waals surface area contributed by atoms with Gasteiger partial charge in [0, 0.05) is 6.61 Å². The molecule has 0 aliphatic carbocycles. The summed E-state index contributed by atoms with van der Waals surface area (Å²) in [5.74, 6) is 0.739. The van der Waals surface area contributed by atoms with E-state index in [1.807, 2.05) is 6.92 Å². The largest absolute Gasteiger partial charge is 0.496 e. The van der Waals surface area contributed by atoms with E-state index in [1.165, 1.54) is 32.1 Å². The number of hydrogen-bond acceptors (Lipinski definition) is 2. The zero-order valence-electron chi connectivity index (χ0n) is 10.4. The van der Waals surface area contributed by atoms with Crippen molar-refractivity contribution in [3.05, 3.63) is 12.3 Å². The maximum absolute atomic E-state index is 5.43. The maximum atomic E-state index is 5.43. The minimum atomic E-state index is 0.544. The van der Waals surface area contributed by atoms with Crippen LogP contribution in [0.15, 0.2) is 12.3 Å². The van der Waals surface area contributed by atoms with Crippen LogP contribution in [0.5, 0.6) is 0 Å². The van der Waals surface area contributed by atoms with Crippen LogP contribution >= 0.6 is 0 Å². The fourth-order valence-corrected chi connectivity index (χ4v) is 1.42. The Morgan fingerprint density at radius 2 is 1.67 bits per heavy atom. The molecule has 2 heteroatoms. The third-order valence-electron chi connectivity index (χ3n) is 2.25. The monoisotopic (exact) mass is 214 g/mol. The molecule has 0 spiro atoms. The normalized spacial score (nSPS) is 10.3. The van der Waals surface area contributed by atoms with E-state index < -0.39 is 0 Å². The van der Waals surface area contributed by atoms with Crippen molar-refractivity contribution in [2.75, 3.05) is 19.8 Å². The van der Waals surface area contributed by atoms with Crippen LogP contribution < -0.4 is 0 Å². The van der Waals surface area contributed by atoms with Crippen molar-refractivity contribution in [3.63, 3.8) is 0 Å². The summed E-state index contributed by atoms with van der Waals surface area (Å²) in [5.41, 5.74) is 0. The Balaban J connectivity index is 3.01. The van der Waals surface area contributed by atoms with Gasteiger partial charge in [0.25, 0.3) is 0 Å². The Bertz CT molecular complexity index is 143. The van der Waals surface area contributed by atoms with Crippen molar-refractivity contribution in [2.45, 2.75) is 52.4 Å². The van der Waals surface area contributed by atoms with E-state index in [1.54, 1.807) is 0 Å². The van der Waals surface area contributed by atoms with Gasteiger partial charge in [-0.25, -0.2) is 0 Å². The molecule has 0 atom stereocenters. The van der Waals surface area contributed by atoms with Gasteiger partial charge in [-0.1, -0.05) is 45.6 Å². The molecule has 0 aliphatic rings. The smallest absolute Gasteiger partial charge is 0.114 e. The second-order valence-corrected chi connectivity index (χ2v) is 3.79. The first-order valence-electron chi connectivity index (χ1n) is 6.19. The van der Waals surface area contributed by atoms with Crippen LogP contribution in [0.4, 0.5) is 0 Å². The van der Waals surface area contributed by atoms with Gasteiger partial charge in [0.15, 0.2) is 0 Å². The van der Waals surface area contributed by atoms with E-state index >= 15 is 0 Å². The molecule has 0 bridgehead atoms. The third kappa shape index (κ3) is 11.4. The first-order chi connectivity index (χ1) is 7.31. The van der Waals surface area contributed by atoms with E-state index in [0.29, 0.717) is 13.2 Å². The van der Waals surface area contributed by atoms with Crippen LogP contribution in [0.1, 0.15) is 52.4 Å². The minimum absolute atomic E-state index is 0.544. The van der Waals surface area contributed by atoms with Crippen LogP contribution in [0.3, 0.4) is 0 Å². The Hall–Kier alpha value is -0.500. The molecule has 0 N–H and O–H groups in total. The molecule has 90 valence electrons. The van der Waals surface area contributed by atoms with Gasteiger partial charge in [0.2, 0.25) is 0 Å². The predicted molar refractivity (Wildman–Crippen MR) is 65.0 cm³/mol. The first-order valence-corrected chi connectivity index (χ1v) is 6.19. The zero-order valence-corrected chi connectivity index (χ0v) is 10.4. The molecule has 0 saturated heterocycles. The van der Waals surface area contributed by atoms with E-state index in [4.69, 9.17) is 9.47 Å². The van der Waals surface area contributed by atoms with Gasteiger partial charge in [-0.2, -0.15) is 0 Å². The van der Waals surface area contributed by atoms with Crippen molar-refractivity contribution >= 4 is 0 Å². The summed E-state index contributed by atoms with van der Waals surface area (Å²) in [6.07, 6.45) is 7.81. The molecular formula is C13H26O2. The Morgan fingerprint density at radius 1 is 1.00 bits per heavy atom. The highest BCUT2D eigenvalue weighted by Gasteiger charge is 1.94. The molecule has 0 saturated carbocycles. The number of unbranched alkanes of at least 4 members (excludes halogenated alkanes) is 5. The van der Waals surface area contributed by atoms with Gasteiger partial charge in [-0.05, 0) is 13.3 Å². The van der Waals surface area contributed by atoms with Gasteiger partial charge < -0.3 is 9.47 Å². The van der Waals surface area contributed by atoms with Crippen molar-refractivity contribution in [1.82, 2.24) is 0 Å². The van der Waals surface area contributed by atoms with Crippen LogP contribution in [-0.4, -0.2) is 19.8 Å². The highest BCUT2D eigenvalue weighted by molar-refractivity contribution is 4.81. The molecular weight excluding hydrogens is 188 g/mol. The van der Waals surface area contributed by atoms with Gasteiger partial charge in [0.05, 0.1) is 6.61 Å². The standard InChI is InChI=1S/C13H26O2/c1-4-6-7-8-9-10-11-14-12-13(3)15-5-2/h3-12H2,1-2H3. The lowest BCUT2D eigenvalue weighted by atomic mass is 10.1. The van der Waals surface area contributed by atoms with Crippen LogP contribution in [-0.2, 0) is 9.47 Å². The predicted octanol–water partition coefficient (Wildman–Crippen LogP) is 3.91. The van der Waals surface area contributed by atoms with E-state index in [9.17, 15) is 0 Å². The summed E-state index contributed by atoms with van der Waals surface area (Å²) < 4.78 is 10.6. The second-order valence-electron chi connectivity index (χ2n) is 3.79. The van der Waals surface area contributed by atoms with Gasteiger partial charge in [-0.3, -0.25) is 0 Å². The molecule has 0 fully saturated rings. The Kier molecular flexibility index (Phi) is 11.2. The fourth-order valence-electron chi connectivity index (χ4n) is 1.42. The molecule has 0 unspecified atom stereocenters. The highest BCUT2D eigenvalue weighted by Crippen LogP contribution is 2.05. The van der Waals surface area contributed by atoms with Gasteiger partial charge in [0.1, 0.15) is 12.4 Å². The van der Waals surface area contributed by atoms with E-state index in [2.05, 4.69) is 13.5 Å². The fraction of sp³-hybridized carbons (Fsp3) is 0.846. The SMILES string of the molecule is C=C(COCCCCCCCC)OCC. The summed E-state index contributed by atoms with van der Waals surface area (Å²) in [4.78, 5) is 0.